The number of anilines is 1. The molecule has 3 aromatic rings. The maximum Gasteiger partial charge on any atom is 0.253 e. The average Bonchev–Trinajstić information content (AvgIpc) is 2.94. The molecule has 0 aliphatic heterocycles. The minimum absolute atomic E-state index is 0.227. The topological polar surface area (TPSA) is 84.7 Å². The van der Waals surface area contributed by atoms with Crippen LogP contribution in [0.1, 0.15) is 11.3 Å². The number of nitrogens with two attached hydrogens (primary N) is 1. The van der Waals surface area contributed by atoms with Gasteiger partial charge in [-0.15, -0.1) is 11.3 Å². The Balaban J connectivity index is 1.71. The Morgan fingerprint density at radius 2 is 2.05 bits per heavy atom. The molecule has 0 aliphatic carbocycles. The normalized spacial score (nSPS) is 10.8. The fraction of sp³-hybridized carbons (Fsp3) is 0.133. The van der Waals surface area contributed by atoms with Crippen LogP contribution in [0.4, 0.5) is 5.82 Å². The van der Waals surface area contributed by atoms with Gasteiger partial charge in [-0.25, -0.2) is 9.97 Å². The number of thioether (sulfide) groups is 1. The van der Waals surface area contributed by atoms with Crippen LogP contribution in [0.2, 0.25) is 0 Å². The number of nitrogen functional groups attached to an aromatic ring is 1. The highest BCUT2D eigenvalue weighted by Crippen LogP contribution is 2.26. The summed E-state index contributed by atoms with van der Waals surface area (Å²) < 4.78 is 0. The van der Waals surface area contributed by atoms with Crippen LogP contribution in [-0.2, 0) is 5.75 Å². The lowest BCUT2D eigenvalue weighted by atomic mass is 10.2. The van der Waals surface area contributed by atoms with Crippen molar-refractivity contribution in [2.24, 2.45) is 0 Å². The summed E-state index contributed by atoms with van der Waals surface area (Å²) in [5.74, 6) is 0.860. The van der Waals surface area contributed by atoms with Crippen molar-refractivity contribution in [2.75, 3.05) is 5.73 Å². The van der Waals surface area contributed by atoms with E-state index in [-0.39, 0.29) is 11.4 Å². The highest BCUT2D eigenvalue weighted by molar-refractivity contribution is 7.98. The van der Waals surface area contributed by atoms with E-state index in [1.165, 1.54) is 23.4 Å². The van der Waals surface area contributed by atoms with E-state index in [4.69, 9.17) is 5.73 Å². The van der Waals surface area contributed by atoms with E-state index >= 15 is 0 Å². The van der Waals surface area contributed by atoms with Gasteiger partial charge in [0.1, 0.15) is 10.8 Å². The summed E-state index contributed by atoms with van der Waals surface area (Å²) in [6.45, 7) is 2.06. The largest absolute Gasteiger partial charge is 0.383 e. The predicted molar refractivity (Wildman–Crippen MR) is 91.1 cm³/mol. The average molecular weight is 330 g/mol. The number of H-pyrrole nitrogens is 1. The number of rotatable bonds is 4. The molecule has 0 saturated heterocycles. The smallest absolute Gasteiger partial charge is 0.253 e. The van der Waals surface area contributed by atoms with Gasteiger partial charge in [0.05, 0.1) is 5.69 Å². The van der Waals surface area contributed by atoms with Crippen molar-refractivity contribution in [3.05, 3.63) is 57.3 Å². The van der Waals surface area contributed by atoms with Crippen molar-refractivity contribution in [2.45, 2.75) is 17.8 Å². The van der Waals surface area contributed by atoms with Gasteiger partial charge in [-0.3, -0.25) is 4.79 Å². The zero-order valence-corrected chi connectivity index (χ0v) is 13.5. The van der Waals surface area contributed by atoms with Crippen LogP contribution in [0, 0.1) is 6.92 Å². The molecule has 2 aromatic heterocycles. The summed E-state index contributed by atoms with van der Waals surface area (Å²) in [5.41, 5.74) is 8.62. The second-order valence-corrected chi connectivity index (χ2v) is 6.60. The minimum atomic E-state index is -0.242. The van der Waals surface area contributed by atoms with Crippen molar-refractivity contribution in [3.63, 3.8) is 0 Å². The summed E-state index contributed by atoms with van der Waals surface area (Å²) in [5, 5.41) is 3.52. The maximum atomic E-state index is 11.3. The fourth-order valence-electron chi connectivity index (χ4n) is 1.87. The van der Waals surface area contributed by atoms with Gasteiger partial charge in [-0.2, -0.15) is 0 Å². The molecule has 3 rings (SSSR count). The Morgan fingerprint density at radius 3 is 2.77 bits per heavy atom. The second-order valence-electron chi connectivity index (χ2n) is 4.77. The van der Waals surface area contributed by atoms with Crippen molar-refractivity contribution in [1.82, 2.24) is 15.0 Å². The lowest BCUT2D eigenvalue weighted by Gasteiger charge is -1.99. The van der Waals surface area contributed by atoms with Crippen molar-refractivity contribution >= 4 is 28.9 Å². The summed E-state index contributed by atoms with van der Waals surface area (Å²) >= 11 is 3.02. The van der Waals surface area contributed by atoms with E-state index in [2.05, 4.69) is 46.1 Å². The third kappa shape index (κ3) is 3.55. The molecule has 0 amide bonds. The van der Waals surface area contributed by atoms with Gasteiger partial charge in [-0.1, -0.05) is 41.6 Å². The Labute approximate surface area is 135 Å². The number of aromatic nitrogens is 3. The molecule has 5 nitrogen and oxygen atoms in total. The van der Waals surface area contributed by atoms with E-state index < -0.39 is 0 Å². The fourth-order valence-corrected chi connectivity index (χ4v) is 3.57. The molecule has 0 saturated carbocycles. The van der Waals surface area contributed by atoms with E-state index in [1.807, 2.05) is 5.38 Å². The molecular formula is C15H14N4OS2. The molecule has 0 bridgehead atoms. The Kier molecular flexibility index (Phi) is 4.26. The maximum absolute atomic E-state index is 11.3. The Hall–Kier alpha value is -2.12. The highest BCUT2D eigenvalue weighted by atomic mass is 32.2. The first-order valence-electron chi connectivity index (χ1n) is 6.61. The third-order valence-corrected chi connectivity index (χ3v) is 4.79. The minimum Gasteiger partial charge on any atom is -0.383 e. The second kappa shape index (κ2) is 6.33. The molecule has 7 heteroatoms. The van der Waals surface area contributed by atoms with Crippen LogP contribution in [0.25, 0.3) is 10.6 Å². The van der Waals surface area contributed by atoms with Gasteiger partial charge >= 0.3 is 0 Å². The lowest BCUT2D eigenvalue weighted by Crippen LogP contribution is -2.09. The van der Waals surface area contributed by atoms with Crippen LogP contribution in [0.5, 0.6) is 0 Å². The molecule has 0 aliphatic rings. The van der Waals surface area contributed by atoms with Crippen LogP contribution < -0.4 is 11.3 Å². The number of benzene rings is 1. The molecule has 112 valence electrons. The first kappa shape index (κ1) is 14.8. The third-order valence-electron chi connectivity index (χ3n) is 2.95. The van der Waals surface area contributed by atoms with Crippen LogP contribution in [0.3, 0.4) is 0 Å². The van der Waals surface area contributed by atoms with Gasteiger partial charge in [0, 0.05) is 22.8 Å². The van der Waals surface area contributed by atoms with Crippen molar-refractivity contribution in [1.29, 1.82) is 0 Å². The zero-order valence-electron chi connectivity index (χ0n) is 11.9. The molecule has 0 atom stereocenters. The van der Waals surface area contributed by atoms with Gasteiger partial charge in [0.25, 0.3) is 5.56 Å². The molecular weight excluding hydrogens is 316 g/mol. The van der Waals surface area contributed by atoms with Crippen LogP contribution in [0.15, 0.2) is 45.7 Å². The summed E-state index contributed by atoms with van der Waals surface area (Å²) in [6, 6.07) is 9.56. The molecule has 0 fully saturated rings. The lowest BCUT2D eigenvalue weighted by molar-refractivity contribution is 0.944. The summed E-state index contributed by atoms with van der Waals surface area (Å²) in [6.07, 6.45) is 0. The molecule has 2 heterocycles. The van der Waals surface area contributed by atoms with Crippen LogP contribution >= 0.6 is 23.1 Å². The summed E-state index contributed by atoms with van der Waals surface area (Å²) in [7, 11) is 0. The Bertz CT molecular complexity index is 839. The van der Waals surface area contributed by atoms with E-state index in [1.54, 1.807) is 11.3 Å². The molecule has 0 radical (unpaired) electrons. The highest BCUT2D eigenvalue weighted by Gasteiger charge is 2.06. The number of aryl methyl sites for hydroxylation is 1. The molecule has 0 unspecified atom stereocenters. The molecule has 0 spiro atoms. The first-order valence-corrected chi connectivity index (χ1v) is 8.48. The van der Waals surface area contributed by atoms with Gasteiger partial charge in [-0.05, 0) is 6.92 Å². The first-order chi connectivity index (χ1) is 10.6. The summed E-state index contributed by atoms with van der Waals surface area (Å²) in [4.78, 5) is 22.7. The molecule has 22 heavy (non-hydrogen) atoms. The predicted octanol–water partition coefficient (Wildman–Crippen LogP) is 3.08. The van der Waals surface area contributed by atoms with Gasteiger partial charge in [0.2, 0.25) is 0 Å². The molecule has 3 N–H and O–H groups in total. The van der Waals surface area contributed by atoms with Crippen molar-refractivity contribution in [3.8, 4) is 10.6 Å². The van der Waals surface area contributed by atoms with Gasteiger partial charge in [0.15, 0.2) is 5.16 Å². The number of aromatic amines is 1. The number of thiazole rings is 1. The number of nitrogens with one attached hydrogen (secondary N) is 1. The molecule has 1 aromatic carbocycles. The van der Waals surface area contributed by atoms with E-state index in [0.29, 0.717) is 10.9 Å². The SMILES string of the molecule is Cc1ccc(-c2nc(CSc3nc(N)cc(=O)[nH]3)cs2)cc1. The Morgan fingerprint density at radius 1 is 1.27 bits per heavy atom. The zero-order chi connectivity index (χ0) is 15.5. The monoisotopic (exact) mass is 330 g/mol. The number of hydrogen-bond acceptors (Lipinski definition) is 6. The standard InChI is InChI=1S/C15H14N4OS2/c1-9-2-4-10(5-3-9)14-17-11(7-21-14)8-22-15-18-12(16)6-13(20)19-15/h2-7H,8H2,1H3,(H3,16,18,19,20). The number of hydrogen-bond donors (Lipinski definition) is 2. The number of nitrogens with zero attached hydrogens (tertiary/aromatic N) is 2. The van der Waals surface area contributed by atoms with E-state index in [9.17, 15) is 4.79 Å². The van der Waals surface area contributed by atoms with Crippen LogP contribution in [-0.4, -0.2) is 15.0 Å². The quantitative estimate of drug-likeness (QED) is 0.567. The van der Waals surface area contributed by atoms with E-state index in [0.717, 1.165) is 16.3 Å². The van der Waals surface area contributed by atoms with Gasteiger partial charge < -0.3 is 10.7 Å². The van der Waals surface area contributed by atoms with Crippen molar-refractivity contribution < 1.29 is 0 Å².